The van der Waals surface area contributed by atoms with Gasteiger partial charge in [0, 0.05) is 21.8 Å². The molecule has 1 N–H and O–H groups in total. The Labute approximate surface area is 137 Å². The van der Waals surface area contributed by atoms with Gasteiger partial charge in [0.1, 0.15) is 5.75 Å². The molecule has 22 heavy (non-hydrogen) atoms. The van der Waals surface area contributed by atoms with E-state index in [0.29, 0.717) is 5.56 Å². The lowest BCUT2D eigenvalue weighted by Gasteiger charge is -2.02. The largest absolute Gasteiger partial charge is 0.496 e. The first-order chi connectivity index (χ1) is 10.7. The average Bonchev–Trinajstić information content (AvgIpc) is 2.55. The van der Waals surface area contributed by atoms with Crippen LogP contribution in [0.2, 0.25) is 0 Å². The number of allylic oxidation sites excluding steroid dienone is 1. The maximum absolute atomic E-state index is 11.8. The number of nitrogens with one attached hydrogen (secondary N) is 1. The Kier molecular flexibility index (Phi) is 5.91. The summed E-state index contributed by atoms with van der Waals surface area (Å²) < 4.78 is 6.16. The molecular weight excluding hydrogens is 344 g/mol. The zero-order chi connectivity index (χ0) is 15.8. The van der Waals surface area contributed by atoms with Crippen LogP contribution in [0.1, 0.15) is 15.9 Å². The molecular formula is C17H15BrN2O2. The van der Waals surface area contributed by atoms with Crippen LogP contribution in [0.5, 0.6) is 5.75 Å². The van der Waals surface area contributed by atoms with Crippen molar-refractivity contribution >= 4 is 34.1 Å². The summed E-state index contributed by atoms with van der Waals surface area (Å²) in [4.78, 5) is 11.8. The zero-order valence-electron chi connectivity index (χ0n) is 12.0. The second kappa shape index (κ2) is 8.14. The summed E-state index contributed by atoms with van der Waals surface area (Å²) in [6, 6.07) is 14.7. The summed E-state index contributed by atoms with van der Waals surface area (Å²) in [6.07, 6.45) is 5.11. The van der Waals surface area contributed by atoms with Crippen LogP contribution in [0, 0.1) is 0 Å². The number of methoxy groups -OCH3 is 1. The van der Waals surface area contributed by atoms with Gasteiger partial charge in [0.05, 0.1) is 7.11 Å². The molecule has 0 saturated heterocycles. The molecule has 0 fully saturated rings. The van der Waals surface area contributed by atoms with Crippen molar-refractivity contribution in [1.29, 1.82) is 0 Å². The number of hydrogen-bond donors (Lipinski definition) is 1. The first-order valence-corrected chi connectivity index (χ1v) is 7.38. The van der Waals surface area contributed by atoms with Crippen molar-refractivity contribution in [2.75, 3.05) is 7.11 Å². The van der Waals surface area contributed by atoms with E-state index in [1.807, 2.05) is 30.3 Å². The molecule has 0 aliphatic carbocycles. The molecule has 0 aliphatic rings. The first kappa shape index (κ1) is 16.0. The number of rotatable bonds is 5. The molecule has 0 heterocycles. The number of amides is 1. The van der Waals surface area contributed by atoms with Gasteiger partial charge in [0.2, 0.25) is 0 Å². The second-order valence-electron chi connectivity index (χ2n) is 4.33. The molecule has 5 heteroatoms. The predicted molar refractivity (Wildman–Crippen MR) is 92.1 cm³/mol. The number of nitrogens with zero attached hydrogens (tertiary/aromatic N) is 1. The highest BCUT2D eigenvalue weighted by atomic mass is 79.9. The lowest BCUT2D eigenvalue weighted by Crippen LogP contribution is -2.17. The molecule has 0 radical (unpaired) electrons. The molecule has 0 bridgehead atoms. The molecule has 0 spiro atoms. The summed E-state index contributed by atoms with van der Waals surface area (Å²) >= 11 is 3.32. The third-order valence-electron chi connectivity index (χ3n) is 2.85. The maximum atomic E-state index is 11.8. The quantitative estimate of drug-likeness (QED) is 0.651. The number of halogens is 1. The SMILES string of the molecule is COc1ccccc1/C=C/C=N\NC(=O)c1ccc(Br)cc1. The van der Waals surface area contributed by atoms with Gasteiger partial charge in [-0.05, 0) is 42.5 Å². The third kappa shape index (κ3) is 4.56. The summed E-state index contributed by atoms with van der Waals surface area (Å²) in [6.45, 7) is 0. The average molecular weight is 359 g/mol. The highest BCUT2D eigenvalue weighted by Crippen LogP contribution is 2.18. The van der Waals surface area contributed by atoms with Gasteiger partial charge in [-0.25, -0.2) is 5.43 Å². The van der Waals surface area contributed by atoms with Crippen LogP contribution >= 0.6 is 15.9 Å². The van der Waals surface area contributed by atoms with Crippen LogP contribution < -0.4 is 10.2 Å². The Hall–Kier alpha value is -2.40. The minimum atomic E-state index is -0.255. The topological polar surface area (TPSA) is 50.7 Å². The summed E-state index contributed by atoms with van der Waals surface area (Å²) in [5.74, 6) is 0.528. The number of benzene rings is 2. The van der Waals surface area contributed by atoms with Gasteiger partial charge >= 0.3 is 0 Å². The smallest absolute Gasteiger partial charge is 0.271 e. The van der Waals surface area contributed by atoms with Gasteiger partial charge in [-0.1, -0.05) is 34.1 Å². The van der Waals surface area contributed by atoms with Crippen LogP contribution in [-0.2, 0) is 0 Å². The molecule has 4 nitrogen and oxygen atoms in total. The molecule has 2 aromatic rings. The van der Waals surface area contributed by atoms with Crippen LogP contribution in [0.15, 0.2) is 64.2 Å². The van der Waals surface area contributed by atoms with Crippen molar-refractivity contribution in [3.8, 4) is 5.75 Å². The fourth-order valence-electron chi connectivity index (χ4n) is 1.76. The Bertz CT molecular complexity index is 694. The Balaban J connectivity index is 1.91. The second-order valence-corrected chi connectivity index (χ2v) is 5.24. The molecule has 0 aromatic heterocycles. The Morgan fingerprint density at radius 1 is 1.18 bits per heavy atom. The fraction of sp³-hybridized carbons (Fsp3) is 0.0588. The van der Waals surface area contributed by atoms with Crippen LogP contribution in [0.25, 0.3) is 6.08 Å². The van der Waals surface area contributed by atoms with E-state index in [2.05, 4.69) is 26.5 Å². The van der Waals surface area contributed by atoms with Gasteiger partial charge < -0.3 is 4.74 Å². The number of ether oxygens (including phenoxy) is 1. The normalized spacial score (nSPS) is 11.0. The molecule has 112 valence electrons. The summed E-state index contributed by atoms with van der Waals surface area (Å²) in [7, 11) is 1.62. The van der Waals surface area contributed by atoms with Crippen molar-refractivity contribution in [3.05, 3.63) is 70.2 Å². The standard InChI is InChI=1S/C17H15BrN2O2/c1-22-16-7-3-2-5-13(16)6-4-12-19-20-17(21)14-8-10-15(18)11-9-14/h2-12H,1H3,(H,20,21)/b6-4+,19-12-. The fourth-order valence-corrected chi connectivity index (χ4v) is 2.02. The van der Waals surface area contributed by atoms with E-state index in [4.69, 9.17) is 4.74 Å². The number of hydrogen-bond acceptors (Lipinski definition) is 3. The van der Waals surface area contributed by atoms with Gasteiger partial charge in [0.15, 0.2) is 0 Å². The van der Waals surface area contributed by atoms with E-state index in [9.17, 15) is 4.79 Å². The van der Waals surface area contributed by atoms with Crippen molar-refractivity contribution in [2.45, 2.75) is 0 Å². The van der Waals surface area contributed by atoms with Crippen LogP contribution in [0.4, 0.5) is 0 Å². The van der Waals surface area contributed by atoms with Crippen molar-refractivity contribution in [1.82, 2.24) is 5.43 Å². The van der Waals surface area contributed by atoms with Crippen LogP contribution in [-0.4, -0.2) is 19.2 Å². The molecule has 0 atom stereocenters. The van der Waals surface area contributed by atoms with Gasteiger partial charge in [-0.2, -0.15) is 5.10 Å². The van der Waals surface area contributed by atoms with E-state index >= 15 is 0 Å². The molecule has 1 amide bonds. The lowest BCUT2D eigenvalue weighted by atomic mass is 10.2. The molecule has 0 unspecified atom stereocenters. The van der Waals surface area contributed by atoms with E-state index in [1.54, 1.807) is 37.5 Å². The molecule has 0 aliphatic heterocycles. The Morgan fingerprint density at radius 3 is 2.64 bits per heavy atom. The highest BCUT2D eigenvalue weighted by Gasteiger charge is 2.02. The lowest BCUT2D eigenvalue weighted by molar-refractivity contribution is 0.0955. The number of carbonyl (C=O) groups excluding carboxylic acids is 1. The van der Waals surface area contributed by atoms with Gasteiger partial charge in [-0.15, -0.1) is 0 Å². The van der Waals surface area contributed by atoms with Crippen molar-refractivity contribution < 1.29 is 9.53 Å². The molecule has 2 rings (SSSR count). The van der Waals surface area contributed by atoms with Gasteiger partial charge in [-0.3, -0.25) is 4.79 Å². The Morgan fingerprint density at radius 2 is 1.91 bits per heavy atom. The van der Waals surface area contributed by atoms with Crippen molar-refractivity contribution in [2.24, 2.45) is 5.10 Å². The van der Waals surface area contributed by atoms with E-state index in [1.165, 1.54) is 6.21 Å². The van der Waals surface area contributed by atoms with E-state index in [-0.39, 0.29) is 5.91 Å². The maximum Gasteiger partial charge on any atom is 0.271 e. The molecule has 0 saturated carbocycles. The number of para-hydroxylation sites is 1. The van der Waals surface area contributed by atoms with Crippen molar-refractivity contribution in [3.63, 3.8) is 0 Å². The molecule has 2 aromatic carbocycles. The first-order valence-electron chi connectivity index (χ1n) is 6.59. The highest BCUT2D eigenvalue weighted by molar-refractivity contribution is 9.10. The number of hydrazone groups is 1. The third-order valence-corrected chi connectivity index (χ3v) is 3.38. The summed E-state index contributed by atoms with van der Waals surface area (Å²) in [5, 5.41) is 3.88. The van der Waals surface area contributed by atoms with E-state index < -0.39 is 0 Å². The number of carbonyl (C=O) groups is 1. The van der Waals surface area contributed by atoms with E-state index in [0.717, 1.165) is 15.8 Å². The summed E-state index contributed by atoms with van der Waals surface area (Å²) in [5.41, 5.74) is 3.96. The predicted octanol–water partition coefficient (Wildman–Crippen LogP) is 3.89. The van der Waals surface area contributed by atoms with Gasteiger partial charge in [0.25, 0.3) is 5.91 Å². The minimum absolute atomic E-state index is 0.255. The monoisotopic (exact) mass is 358 g/mol. The zero-order valence-corrected chi connectivity index (χ0v) is 13.6. The van der Waals surface area contributed by atoms with Crippen LogP contribution in [0.3, 0.4) is 0 Å². The minimum Gasteiger partial charge on any atom is -0.496 e.